The maximum absolute atomic E-state index is 12.8. The van der Waals surface area contributed by atoms with Gasteiger partial charge in [0, 0.05) is 47.9 Å². The van der Waals surface area contributed by atoms with Crippen molar-refractivity contribution in [1.29, 1.82) is 0 Å². The number of benzene rings is 2. The summed E-state index contributed by atoms with van der Waals surface area (Å²) in [5.74, 6) is -0.270. The van der Waals surface area contributed by atoms with Crippen molar-refractivity contribution in [1.82, 2.24) is 10.2 Å². The number of nitro benzene ring substituents is 1. The van der Waals surface area contributed by atoms with Crippen LogP contribution in [0.1, 0.15) is 21.3 Å². The number of thiophene rings is 1. The number of non-ortho nitro benzene ring substituents is 1. The van der Waals surface area contributed by atoms with E-state index in [0.29, 0.717) is 25.3 Å². The molecule has 12 heteroatoms. The Balaban J connectivity index is 1.40. The second-order valence-corrected chi connectivity index (χ2v) is 10.5. The van der Waals surface area contributed by atoms with Crippen LogP contribution in [0.25, 0.3) is 0 Å². The molecule has 1 saturated heterocycles. The van der Waals surface area contributed by atoms with E-state index in [2.05, 4.69) is 21.0 Å². The predicted molar refractivity (Wildman–Crippen MR) is 132 cm³/mol. The SMILES string of the molecule is O=C(NC[C@@H](c1cccs1)N1CCOCC1)c1ccc(NS(=O)(=O)c2cccc([N+](=O)[O-])c2)cc1. The van der Waals surface area contributed by atoms with Gasteiger partial charge in [-0.1, -0.05) is 12.1 Å². The highest BCUT2D eigenvalue weighted by Crippen LogP contribution is 2.26. The molecule has 0 bridgehead atoms. The molecule has 1 aliphatic rings. The number of nitrogens with one attached hydrogen (secondary N) is 2. The molecule has 1 aliphatic heterocycles. The minimum atomic E-state index is -4.03. The number of hydrogen-bond acceptors (Lipinski definition) is 8. The number of nitrogens with zero attached hydrogens (tertiary/aromatic N) is 2. The van der Waals surface area contributed by atoms with Crippen molar-refractivity contribution in [2.75, 3.05) is 37.6 Å². The summed E-state index contributed by atoms with van der Waals surface area (Å²) in [6.07, 6.45) is 0. The molecular weight excluding hydrogens is 492 g/mol. The molecule has 0 aliphatic carbocycles. The highest BCUT2D eigenvalue weighted by molar-refractivity contribution is 7.92. The van der Waals surface area contributed by atoms with Crippen LogP contribution in [0.5, 0.6) is 0 Å². The lowest BCUT2D eigenvalue weighted by atomic mass is 10.1. The summed E-state index contributed by atoms with van der Waals surface area (Å²) in [5.41, 5.74) is 0.297. The van der Waals surface area contributed by atoms with Crippen LogP contribution in [0.2, 0.25) is 0 Å². The van der Waals surface area contributed by atoms with Crippen molar-refractivity contribution >= 4 is 38.6 Å². The third-order valence-corrected chi connectivity index (χ3v) is 7.90. The van der Waals surface area contributed by atoms with Gasteiger partial charge in [-0.15, -0.1) is 11.3 Å². The Morgan fingerprint density at radius 1 is 1.11 bits per heavy atom. The molecule has 1 amide bonds. The number of carbonyl (C=O) groups is 1. The number of ether oxygens (including phenoxy) is 1. The van der Waals surface area contributed by atoms with Crippen LogP contribution < -0.4 is 10.0 Å². The van der Waals surface area contributed by atoms with Gasteiger partial charge in [0.05, 0.1) is 29.1 Å². The number of nitro groups is 1. The van der Waals surface area contributed by atoms with E-state index in [9.17, 15) is 23.3 Å². The van der Waals surface area contributed by atoms with Crippen LogP contribution in [0, 0.1) is 10.1 Å². The van der Waals surface area contributed by atoms with E-state index >= 15 is 0 Å². The monoisotopic (exact) mass is 516 g/mol. The zero-order valence-electron chi connectivity index (χ0n) is 18.6. The van der Waals surface area contributed by atoms with Crippen LogP contribution in [-0.4, -0.2) is 57.0 Å². The summed E-state index contributed by atoms with van der Waals surface area (Å²) in [6.45, 7) is 3.32. The van der Waals surface area contributed by atoms with E-state index < -0.39 is 14.9 Å². The quantitative estimate of drug-likeness (QED) is 0.330. The number of rotatable bonds is 9. The van der Waals surface area contributed by atoms with Crippen LogP contribution in [0.15, 0.2) is 70.9 Å². The Kier molecular flexibility index (Phi) is 7.76. The van der Waals surface area contributed by atoms with Crippen molar-refractivity contribution in [3.05, 3.63) is 86.6 Å². The normalized spacial score (nSPS) is 15.3. The number of carbonyl (C=O) groups excluding carboxylic acids is 1. The van der Waals surface area contributed by atoms with Crippen LogP contribution in [-0.2, 0) is 14.8 Å². The number of hydrogen-bond donors (Lipinski definition) is 2. The molecule has 184 valence electrons. The van der Waals surface area contributed by atoms with E-state index in [1.807, 2.05) is 11.4 Å². The van der Waals surface area contributed by atoms with Gasteiger partial charge in [0.1, 0.15) is 0 Å². The minimum Gasteiger partial charge on any atom is -0.379 e. The number of morpholine rings is 1. The van der Waals surface area contributed by atoms with Gasteiger partial charge in [-0.05, 0) is 41.8 Å². The molecule has 35 heavy (non-hydrogen) atoms. The van der Waals surface area contributed by atoms with E-state index in [1.54, 1.807) is 11.3 Å². The Bertz CT molecular complexity index is 1270. The zero-order valence-corrected chi connectivity index (χ0v) is 20.3. The first-order valence-corrected chi connectivity index (χ1v) is 13.2. The summed E-state index contributed by atoms with van der Waals surface area (Å²) >= 11 is 1.64. The average molecular weight is 517 g/mol. The molecule has 2 heterocycles. The molecule has 4 rings (SSSR count). The molecule has 3 aromatic rings. The van der Waals surface area contributed by atoms with E-state index in [-0.39, 0.29) is 28.2 Å². The molecule has 1 aromatic heterocycles. The fourth-order valence-corrected chi connectivity index (χ4v) is 5.70. The number of amides is 1. The van der Waals surface area contributed by atoms with Crippen molar-refractivity contribution in [3.63, 3.8) is 0 Å². The second-order valence-electron chi connectivity index (χ2n) is 7.83. The van der Waals surface area contributed by atoms with Gasteiger partial charge in [0.25, 0.3) is 21.6 Å². The average Bonchev–Trinajstić information content (AvgIpc) is 3.40. The van der Waals surface area contributed by atoms with Gasteiger partial charge in [-0.25, -0.2) is 8.42 Å². The molecule has 2 aromatic carbocycles. The molecule has 1 atom stereocenters. The Morgan fingerprint density at radius 3 is 2.51 bits per heavy atom. The van der Waals surface area contributed by atoms with Gasteiger partial charge < -0.3 is 10.1 Å². The fraction of sp³-hybridized carbons (Fsp3) is 0.261. The summed E-state index contributed by atoms with van der Waals surface area (Å²) in [4.78, 5) is 26.3. The molecular formula is C23H24N4O6S2. The smallest absolute Gasteiger partial charge is 0.270 e. The standard InChI is InChI=1S/C23H24N4O6S2/c28-23(24-16-21(22-5-2-14-34-22)26-10-12-33-13-11-26)17-6-8-18(9-7-17)25-35(31,32)20-4-1-3-19(15-20)27(29)30/h1-9,14-15,21,25H,10-13,16H2,(H,24,28)/t21-/m0/s1. The molecule has 0 spiro atoms. The maximum atomic E-state index is 12.8. The first kappa shape index (κ1) is 24.8. The number of sulfonamides is 1. The zero-order chi connectivity index (χ0) is 24.8. The van der Waals surface area contributed by atoms with Crippen LogP contribution in [0.4, 0.5) is 11.4 Å². The lowest BCUT2D eigenvalue weighted by Gasteiger charge is -2.34. The summed E-state index contributed by atoms with van der Waals surface area (Å²) < 4.78 is 33.0. The largest absolute Gasteiger partial charge is 0.379 e. The maximum Gasteiger partial charge on any atom is 0.270 e. The van der Waals surface area contributed by atoms with E-state index in [4.69, 9.17) is 4.74 Å². The van der Waals surface area contributed by atoms with Gasteiger partial charge in [-0.2, -0.15) is 0 Å². The Morgan fingerprint density at radius 2 is 1.86 bits per heavy atom. The lowest BCUT2D eigenvalue weighted by Crippen LogP contribution is -2.43. The second kappa shape index (κ2) is 11.0. The molecule has 1 fully saturated rings. The van der Waals surface area contributed by atoms with E-state index in [1.165, 1.54) is 42.5 Å². The van der Waals surface area contributed by atoms with Crippen molar-refractivity contribution in [3.8, 4) is 0 Å². The first-order valence-electron chi connectivity index (χ1n) is 10.8. The van der Waals surface area contributed by atoms with Crippen LogP contribution in [0.3, 0.4) is 0 Å². The van der Waals surface area contributed by atoms with Gasteiger partial charge in [0.15, 0.2) is 0 Å². The first-order chi connectivity index (χ1) is 16.8. The third-order valence-electron chi connectivity index (χ3n) is 5.55. The Labute approximate surface area is 206 Å². The summed E-state index contributed by atoms with van der Waals surface area (Å²) in [6, 6.07) is 14.9. The summed E-state index contributed by atoms with van der Waals surface area (Å²) in [5, 5.41) is 15.9. The van der Waals surface area contributed by atoms with Gasteiger partial charge >= 0.3 is 0 Å². The molecule has 0 unspecified atom stereocenters. The minimum absolute atomic E-state index is 0.0452. The Hall–Kier alpha value is -3.32. The number of anilines is 1. The van der Waals surface area contributed by atoms with Gasteiger partial charge in [0.2, 0.25) is 0 Å². The van der Waals surface area contributed by atoms with Gasteiger partial charge in [-0.3, -0.25) is 24.5 Å². The molecule has 0 saturated carbocycles. The third kappa shape index (κ3) is 6.22. The fourth-order valence-electron chi connectivity index (χ4n) is 3.74. The van der Waals surface area contributed by atoms with Crippen molar-refractivity contribution in [2.45, 2.75) is 10.9 Å². The predicted octanol–water partition coefficient (Wildman–Crippen LogP) is 3.26. The highest BCUT2D eigenvalue weighted by Gasteiger charge is 2.24. The summed E-state index contributed by atoms with van der Waals surface area (Å²) in [7, 11) is -4.03. The topological polar surface area (TPSA) is 131 Å². The highest BCUT2D eigenvalue weighted by atomic mass is 32.2. The lowest BCUT2D eigenvalue weighted by molar-refractivity contribution is -0.385. The van der Waals surface area contributed by atoms with Crippen LogP contribution >= 0.6 is 11.3 Å². The molecule has 10 nitrogen and oxygen atoms in total. The molecule has 2 N–H and O–H groups in total. The van der Waals surface area contributed by atoms with Crippen molar-refractivity contribution in [2.24, 2.45) is 0 Å². The van der Waals surface area contributed by atoms with Crippen molar-refractivity contribution < 1.29 is 22.9 Å². The van der Waals surface area contributed by atoms with E-state index in [0.717, 1.165) is 24.0 Å². The molecule has 0 radical (unpaired) electrons.